The van der Waals surface area contributed by atoms with Crippen molar-refractivity contribution in [1.82, 2.24) is 5.32 Å². The van der Waals surface area contributed by atoms with Crippen LogP contribution in [0.3, 0.4) is 0 Å². The molecule has 2 aromatic heterocycles. The Labute approximate surface area is 113 Å². The van der Waals surface area contributed by atoms with E-state index < -0.39 is 0 Å². The Morgan fingerprint density at radius 2 is 2.06 bits per heavy atom. The molecule has 0 saturated carbocycles. The van der Waals surface area contributed by atoms with Crippen LogP contribution in [0.25, 0.3) is 0 Å². The molecule has 0 saturated heterocycles. The van der Waals surface area contributed by atoms with Crippen LogP contribution in [-0.2, 0) is 6.54 Å². The summed E-state index contributed by atoms with van der Waals surface area (Å²) in [6.07, 6.45) is 0. The Hall–Kier alpha value is -0.160. The van der Waals surface area contributed by atoms with Crippen LogP contribution in [0.2, 0.25) is 0 Å². The minimum absolute atomic E-state index is 0.399. The highest BCUT2D eigenvalue weighted by Crippen LogP contribution is 2.29. The Kier molecular flexibility index (Phi) is 4.19. The number of halogens is 1. The highest BCUT2D eigenvalue weighted by atomic mass is 79.9. The normalized spacial score (nSPS) is 12.9. The van der Waals surface area contributed by atoms with Crippen LogP contribution >= 0.6 is 38.6 Å². The highest BCUT2D eigenvalue weighted by molar-refractivity contribution is 9.10. The van der Waals surface area contributed by atoms with Crippen molar-refractivity contribution in [2.24, 2.45) is 0 Å². The lowest BCUT2D eigenvalue weighted by molar-refractivity contribution is 0.584. The first-order valence-corrected chi connectivity index (χ1v) is 7.73. The SMILES string of the molecule is Cc1ccsc1CNC(C)c1sccc1Br. The third-order valence-electron chi connectivity index (χ3n) is 2.58. The van der Waals surface area contributed by atoms with Crippen molar-refractivity contribution in [1.29, 1.82) is 0 Å². The molecule has 2 heterocycles. The average molecular weight is 316 g/mol. The Bertz CT molecular complexity index is 461. The van der Waals surface area contributed by atoms with Crippen molar-refractivity contribution >= 4 is 38.6 Å². The second kappa shape index (κ2) is 5.45. The number of thiophene rings is 2. The lowest BCUT2D eigenvalue weighted by Gasteiger charge is -2.12. The zero-order chi connectivity index (χ0) is 11.5. The van der Waals surface area contributed by atoms with Gasteiger partial charge in [-0.3, -0.25) is 0 Å². The van der Waals surface area contributed by atoms with Gasteiger partial charge in [-0.1, -0.05) is 0 Å². The first-order valence-electron chi connectivity index (χ1n) is 5.17. The minimum Gasteiger partial charge on any atom is -0.304 e. The lowest BCUT2D eigenvalue weighted by atomic mass is 10.2. The van der Waals surface area contributed by atoms with Crippen molar-refractivity contribution in [3.63, 3.8) is 0 Å². The molecule has 0 aliphatic rings. The van der Waals surface area contributed by atoms with Crippen LogP contribution in [0, 0.1) is 6.92 Å². The smallest absolute Gasteiger partial charge is 0.0400 e. The topological polar surface area (TPSA) is 12.0 Å². The molecule has 2 aromatic rings. The predicted octanol–water partition coefficient (Wildman–Crippen LogP) is 4.73. The largest absolute Gasteiger partial charge is 0.304 e. The van der Waals surface area contributed by atoms with Gasteiger partial charge in [-0.25, -0.2) is 0 Å². The zero-order valence-corrected chi connectivity index (χ0v) is 12.5. The number of hydrogen-bond acceptors (Lipinski definition) is 3. The van der Waals surface area contributed by atoms with Gasteiger partial charge in [0, 0.05) is 26.8 Å². The summed E-state index contributed by atoms with van der Waals surface area (Å²) in [4.78, 5) is 2.80. The maximum Gasteiger partial charge on any atom is 0.0400 e. The molecule has 16 heavy (non-hydrogen) atoms. The molecule has 0 radical (unpaired) electrons. The summed E-state index contributed by atoms with van der Waals surface area (Å²) < 4.78 is 1.21. The van der Waals surface area contributed by atoms with Gasteiger partial charge in [0.25, 0.3) is 0 Å². The van der Waals surface area contributed by atoms with E-state index in [1.54, 1.807) is 11.3 Å². The van der Waals surface area contributed by atoms with Crippen LogP contribution in [0.4, 0.5) is 0 Å². The third-order valence-corrected chi connectivity index (χ3v) is 5.65. The van der Waals surface area contributed by atoms with Crippen molar-refractivity contribution in [3.8, 4) is 0 Å². The maximum absolute atomic E-state index is 3.57. The molecule has 0 aromatic carbocycles. The van der Waals surface area contributed by atoms with Gasteiger partial charge in [0.05, 0.1) is 0 Å². The van der Waals surface area contributed by atoms with Gasteiger partial charge in [-0.05, 0) is 58.2 Å². The molecule has 0 aliphatic carbocycles. The maximum atomic E-state index is 3.57. The summed E-state index contributed by atoms with van der Waals surface area (Å²) in [5.74, 6) is 0. The molecule has 4 heteroatoms. The Morgan fingerprint density at radius 3 is 2.62 bits per heavy atom. The van der Waals surface area contributed by atoms with E-state index in [1.165, 1.54) is 19.8 Å². The Balaban J connectivity index is 1.97. The molecule has 2 rings (SSSR count). The van der Waals surface area contributed by atoms with Gasteiger partial charge in [-0.2, -0.15) is 0 Å². The molecular weight excluding hydrogens is 302 g/mol. The van der Waals surface area contributed by atoms with Crippen LogP contribution in [-0.4, -0.2) is 0 Å². The van der Waals surface area contributed by atoms with Crippen LogP contribution in [0.1, 0.15) is 28.3 Å². The summed E-state index contributed by atoms with van der Waals surface area (Å²) in [7, 11) is 0. The summed E-state index contributed by atoms with van der Waals surface area (Å²) in [6.45, 7) is 5.33. The van der Waals surface area contributed by atoms with E-state index in [-0.39, 0.29) is 0 Å². The third kappa shape index (κ3) is 2.74. The van der Waals surface area contributed by atoms with E-state index in [2.05, 4.69) is 58.0 Å². The zero-order valence-electron chi connectivity index (χ0n) is 9.29. The molecule has 0 fully saturated rings. The first-order chi connectivity index (χ1) is 7.68. The van der Waals surface area contributed by atoms with E-state index >= 15 is 0 Å². The van der Waals surface area contributed by atoms with Crippen molar-refractivity contribution < 1.29 is 0 Å². The standard InChI is InChI=1S/C12H14BrNS2/c1-8-3-5-15-11(8)7-14-9(2)12-10(13)4-6-16-12/h3-6,9,14H,7H2,1-2H3. The molecule has 86 valence electrons. The number of rotatable bonds is 4. The molecule has 0 bridgehead atoms. The number of hydrogen-bond donors (Lipinski definition) is 1. The molecule has 1 N–H and O–H groups in total. The second-order valence-electron chi connectivity index (χ2n) is 3.76. The molecule has 0 aliphatic heterocycles. The van der Waals surface area contributed by atoms with Crippen LogP contribution in [0.15, 0.2) is 27.4 Å². The number of nitrogens with one attached hydrogen (secondary N) is 1. The van der Waals surface area contributed by atoms with E-state index in [1.807, 2.05) is 11.3 Å². The lowest BCUT2D eigenvalue weighted by Crippen LogP contribution is -2.17. The van der Waals surface area contributed by atoms with E-state index in [9.17, 15) is 0 Å². The second-order valence-corrected chi connectivity index (χ2v) is 6.56. The van der Waals surface area contributed by atoms with Gasteiger partial charge in [-0.15, -0.1) is 22.7 Å². The molecule has 1 atom stereocenters. The fourth-order valence-corrected chi connectivity index (χ4v) is 4.14. The van der Waals surface area contributed by atoms with E-state index in [0.29, 0.717) is 6.04 Å². The highest BCUT2D eigenvalue weighted by Gasteiger charge is 2.10. The number of aryl methyl sites for hydroxylation is 1. The molecular formula is C12H14BrNS2. The molecule has 1 unspecified atom stereocenters. The van der Waals surface area contributed by atoms with Gasteiger partial charge in [0.15, 0.2) is 0 Å². The van der Waals surface area contributed by atoms with Gasteiger partial charge < -0.3 is 5.32 Å². The van der Waals surface area contributed by atoms with E-state index in [0.717, 1.165) is 6.54 Å². The fraction of sp³-hybridized carbons (Fsp3) is 0.333. The predicted molar refractivity (Wildman–Crippen MR) is 76.3 cm³/mol. The van der Waals surface area contributed by atoms with Crippen molar-refractivity contribution in [2.45, 2.75) is 26.4 Å². The quantitative estimate of drug-likeness (QED) is 0.860. The van der Waals surface area contributed by atoms with Gasteiger partial charge in [0.1, 0.15) is 0 Å². The van der Waals surface area contributed by atoms with Crippen molar-refractivity contribution in [3.05, 3.63) is 42.7 Å². The fourth-order valence-electron chi connectivity index (χ4n) is 1.54. The summed E-state index contributed by atoms with van der Waals surface area (Å²) >= 11 is 7.19. The average Bonchev–Trinajstić information content (AvgIpc) is 2.84. The van der Waals surface area contributed by atoms with Crippen LogP contribution < -0.4 is 5.32 Å². The van der Waals surface area contributed by atoms with E-state index in [4.69, 9.17) is 0 Å². The first kappa shape index (κ1) is 12.3. The summed E-state index contributed by atoms with van der Waals surface area (Å²) in [5.41, 5.74) is 1.38. The molecule has 1 nitrogen and oxygen atoms in total. The summed E-state index contributed by atoms with van der Waals surface area (Å²) in [5, 5.41) is 7.83. The molecule has 0 spiro atoms. The minimum atomic E-state index is 0.399. The van der Waals surface area contributed by atoms with Gasteiger partial charge >= 0.3 is 0 Å². The van der Waals surface area contributed by atoms with Crippen LogP contribution in [0.5, 0.6) is 0 Å². The molecule has 0 amide bonds. The summed E-state index contributed by atoms with van der Waals surface area (Å²) in [6, 6.07) is 4.68. The van der Waals surface area contributed by atoms with Crippen molar-refractivity contribution in [2.75, 3.05) is 0 Å². The van der Waals surface area contributed by atoms with Gasteiger partial charge in [0.2, 0.25) is 0 Å². The Morgan fingerprint density at radius 1 is 1.31 bits per heavy atom. The monoisotopic (exact) mass is 315 g/mol.